The predicted molar refractivity (Wildman–Crippen MR) is 108 cm³/mol. The van der Waals surface area contributed by atoms with E-state index in [0.717, 1.165) is 24.9 Å². The van der Waals surface area contributed by atoms with E-state index in [2.05, 4.69) is 65.8 Å². The molecule has 0 spiro atoms. The van der Waals surface area contributed by atoms with E-state index >= 15 is 0 Å². The first-order valence-electron chi connectivity index (χ1n) is 10.3. The van der Waals surface area contributed by atoms with E-state index in [0.29, 0.717) is 0 Å². The Bertz CT molecular complexity index is 612. The number of fused-ring (bicyclic) bond motifs is 1. The highest BCUT2D eigenvalue weighted by atomic mass is 16.7. The molecule has 4 heteroatoms. The van der Waals surface area contributed by atoms with Crippen LogP contribution in [-0.4, -0.2) is 24.4 Å². The summed E-state index contributed by atoms with van der Waals surface area (Å²) in [4.78, 5) is 0. The first-order chi connectivity index (χ1) is 12.2. The third-order valence-electron chi connectivity index (χ3n) is 6.56. The molecule has 26 heavy (non-hydrogen) atoms. The van der Waals surface area contributed by atoms with Crippen LogP contribution in [0.15, 0.2) is 24.3 Å². The fourth-order valence-corrected chi connectivity index (χ4v) is 4.29. The molecule has 3 rings (SSSR count). The summed E-state index contributed by atoms with van der Waals surface area (Å²) in [5.41, 5.74) is 0.743. The maximum Gasteiger partial charge on any atom is 0.458 e. The average molecular weight is 358 g/mol. The second-order valence-electron chi connectivity index (χ2n) is 9.39. The van der Waals surface area contributed by atoms with Gasteiger partial charge in [-0.25, -0.2) is 0 Å². The Morgan fingerprint density at radius 2 is 1.65 bits per heavy atom. The topological polar surface area (TPSA) is 27.7 Å². The smallest absolute Gasteiger partial charge is 0.458 e. The minimum absolute atomic E-state index is 0.00684. The second kappa shape index (κ2) is 7.20. The minimum Gasteiger partial charge on any atom is -0.490 e. The summed E-state index contributed by atoms with van der Waals surface area (Å²) < 4.78 is 19.0. The van der Waals surface area contributed by atoms with Crippen molar-refractivity contribution in [1.82, 2.24) is 0 Å². The third kappa shape index (κ3) is 3.82. The summed E-state index contributed by atoms with van der Waals surface area (Å²) in [5.74, 6) is 1.04. The second-order valence-corrected chi connectivity index (χ2v) is 9.39. The van der Waals surface area contributed by atoms with E-state index in [9.17, 15) is 0 Å². The summed E-state index contributed by atoms with van der Waals surface area (Å²) in [7, 11) is -0.174. The van der Waals surface area contributed by atoms with Crippen LogP contribution in [0.3, 0.4) is 0 Å². The molecule has 2 heterocycles. The van der Waals surface area contributed by atoms with Crippen LogP contribution >= 0.6 is 0 Å². The van der Waals surface area contributed by atoms with Gasteiger partial charge in [-0.1, -0.05) is 44.9 Å². The highest BCUT2D eigenvalue weighted by Gasteiger charge is 2.53. The van der Waals surface area contributed by atoms with Crippen molar-refractivity contribution in [3.8, 4) is 5.75 Å². The molecule has 0 amide bonds. The van der Waals surface area contributed by atoms with Gasteiger partial charge in [-0.3, -0.25) is 0 Å². The molecule has 0 bridgehead atoms. The standard InChI is InChI=1S/C22H35BO3/c1-7-8-9-12-17-15-22(6,18-13-10-11-14-19(18)24-17)16-23-25-20(2,3)21(4,5)26-23/h10-11,13-14,17H,7-9,12,15-16H2,1-6H3/t17-,22+/m0/s1. The van der Waals surface area contributed by atoms with Crippen LogP contribution in [-0.2, 0) is 14.7 Å². The fourth-order valence-electron chi connectivity index (χ4n) is 4.29. The van der Waals surface area contributed by atoms with Crippen molar-refractivity contribution in [2.75, 3.05) is 0 Å². The molecule has 1 aromatic carbocycles. The summed E-state index contributed by atoms with van der Waals surface area (Å²) in [6.07, 6.45) is 7.05. The van der Waals surface area contributed by atoms with Crippen molar-refractivity contribution >= 4 is 7.12 Å². The van der Waals surface area contributed by atoms with Gasteiger partial charge in [-0.15, -0.1) is 0 Å². The number of hydrogen-bond donors (Lipinski definition) is 0. The first kappa shape index (κ1) is 19.8. The van der Waals surface area contributed by atoms with Gasteiger partial charge in [-0.05, 0) is 70.3 Å². The molecule has 0 aliphatic carbocycles. The number of rotatable bonds is 6. The number of para-hydroxylation sites is 1. The summed E-state index contributed by atoms with van der Waals surface area (Å²) in [6.45, 7) is 13.1. The van der Waals surface area contributed by atoms with Gasteiger partial charge in [0.05, 0.1) is 17.3 Å². The normalized spacial score (nSPS) is 29.3. The molecule has 2 aliphatic rings. The van der Waals surface area contributed by atoms with Crippen molar-refractivity contribution in [1.29, 1.82) is 0 Å². The number of ether oxygens (including phenoxy) is 1. The van der Waals surface area contributed by atoms with Gasteiger partial charge in [0, 0.05) is 0 Å². The van der Waals surface area contributed by atoms with Crippen LogP contribution < -0.4 is 4.74 Å². The lowest BCUT2D eigenvalue weighted by atomic mass is 9.62. The molecule has 0 N–H and O–H groups in total. The molecule has 2 atom stereocenters. The molecule has 1 saturated heterocycles. The average Bonchev–Trinajstić information content (AvgIpc) is 2.74. The van der Waals surface area contributed by atoms with Crippen molar-refractivity contribution in [2.45, 2.75) is 103 Å². The summed E-state index contributed by atoms with van der Waals surface area (Å²) in [6, 6.07) is 8.51. The zero-order chi connectivity index (χ0) is 19.0. The monoisotopic (exact) mass is 358 g/mol. The highest BCUT2D eigenvalue weighted by Crippen LogP contribution is 2.48. The zero-order valence-electron chi connectivity index (χ0n) is 17.4. The van der Waals surface area contributed by atoms with Gasteiger partial charge in [0.25, 0.3) is 0 Å². The van der Waals surface area contributed by atoms with Gasteiger partial charge < -0.3 is 14.0 Å². The fraction of sp³-hybridized carbons (Fsp3) is 0.727. The number of hydrogen-bond acceptors (Lipinski definition) is 3. The molecule has 144 valence electrons. The zero-order valence-corrected chi connectivity index (χ0v) is 17.4. The van der Waals surface area contributed by atoms with E-state index in [1.807, 2.05) is 0 Å². The SMILES string of the molecule is CCCCC[C@H]1C[C@](C)(CB2OC(C)(C)C(C)(C)O2)c2ccccc2O1. The largest absolute Gasteiger partial charge is 0.490 e. The minimum atomic E-state index is -0.279. The molecule has 0 unspecified atom stereocenters. The Labute approximate surface area is 159 Å². The molecule has 3 nitrogen and oxygen atoms in total. The third-order valence-corrected chi connectivity index (χ3v) is 6.56. The van der Waals surface area contributed by atoms with Crippen molar-refractivity contribution < 1.29 is 14.0 Å². The Hall–Kier alpha value is -0.995. The van der Waals surface area contributed by atoms with E-state index in [1.54, 1.807) is 0 Å². The van der Waals surface area contributed by atoms with Crippen molar-refractivity contribution in [3.63, 3.8) is 0 Å². The molecular formula is C22H35BO3. The maximum atomic E-state index is 6.34. The van der Waals surface area contributed by atoms with Gasteiger partial charge in [0.1, 0.15) is 5.75 Å². The summed E-state index contributed by atoms with van der Waals surface area (Å²) in [5, 5.41) is 0. The van der Waals surface area contributed by atoms with Gasteiger partial charge in [0.15, 0.2) is 0 Å². The van der Waals surface area contributed by atoms with Crippen LogP contribution in [0.4, 0.5) is 0 Å². The highest BCUT2D eigenvalue weighted by molar-refractivity contribution is 6.46. The maximum absolute atomic E-state index is 6.34. The Kier molecular flexibility index (Phi) is 5.47. The van der Waals surface area contributed by atoms with Crippen LogP contribution in [0.2, 0.25) is 6.32 Å². The lowest BCUT2D eigenvalue weighted by Crippen LogP contribution is -2.41. The van der Waals surface area contributed by atoms with E-state index in [1.165, 1.54) is 24.8 Å². The van der Waals surface area contributed by atoms with E-state index < -0.39 is 0 Å². The lowest BCUT2D eigenvalue weighted by Gasteiger charge is -2.40. The number of benzene rings is 1. The molecule has 1 fully saturated rings. The molecule has 0 saturated carbocycles. The van der Waals surface area contributed by atoms with Gasteiger partial charge in [-0.2, -0.15) is 0 Å². The Balaban J connectivity index is 1.79. The van der Waals surface area contributed by atoms with Crippen LogP contribution in [0.5, 0.6) is 5.75 Å². The predicted octanol–water partition coefficient (Wildman–Crippen LogP) is 5.77. The Morgan fingerprint density at radius 1 is 1.00 bits per heavy atom. The van der Waals surface area contributed by atoms with Crippen molar-refractivity contribution in [3.05, 3.63) is 29.8 Å². The van der Waals surface area contributed by atoms with Crippen molar-refractivity contribution in [2.24, 2.45) is 0 Å². The lowest BCUT2D eigenvalue weighted by molar-refractivity contribution is 0.00578. The molecule has 0 aromatic heterocycles. The summed E-state index contributed by atoms with van der Waals surface area (Å²) >= 11 is 0. The van der Waals surface area contributed by atoms with Crippen LogP contribution in [0.1, 0.15) is 79.2 Å². The van der Waals surface area contributed by atoms with E-state index in [4.69, 9.17) is 14.0 Å². The molecular weight excluding hydrogens is 323 g/mol. The van der Waals surface area contributed by atoms with E-state index in [-0.39, 0.29) is 29.8 Å². The molecule has 1 aromatic rings. The molecule has 0 radical (unpaired) electrons. The van der Waals surface area contributed by atoms with Crippen LogP contribution in [0.25, 0.3) is 0 Å². The quantitative estimate of drug-likeness (QED) is 0.477. The van der Waals surface area contributed by atoms with Gasteiger partial charge >= 0.3 is 7.12 Å². The first-order valence-corrected chi connectivity index (χ1v) is 10.3. The number of unbranched alkanes of at least 4 members (excludes halogenated alkanes) is 2. The van der Waals surface area contributed by atoms with Crippen LogP contribution in [0, 0.1) is 0 Å². The Morgan fingerprint density at radius 3 is 2.31 bits per heavy atom. The van der Waals surface area contributed by atoms with Gasteiger partial charge in [0.2, 0.25) is 0 Å². The molecule has 2 aliphatic heterocycles.